The van der Waals surface area contributed by atoms with Crippen LogP contribution in [0.2, 0.25) is 0 Å². The van der Waals surface area contributed by atoms with E-state index in [1.807, 2.05) is 0 Å². The summed E-state index contributed by atoms with van der Waals surface area (Å²) in [7, 11) is 2.40. The smallest absolute Gasteiger partial charge is 0.129 e. The molecule has 0 unspecified atom stereocenters. The quantitative estimate of drug-likeness (QED) is 0.388. The van der Waals surface area contributed by atoms with Crippen molar-refractivity contribution in [1.29, 1.82) is 0 Å². The predicted molar refractivity (Wildman–Crippen MR) is 62.7 cm³/mol. The molecule has 3 saturated heterocycles. The van der Waals surface area contributed by atoms with Gasteiger partial charge in [-0.1, -0.05) is 0 Å². The van der Waals surface area contributed by atoms with E-state index in [4.69, 9.17) is 5.73 Å². The molecule has 2 bridgehead atoms. The van der Waals surface area contributed by atoms with Crippen molar-refractivity contribution >= 4 is 6.34 Å². The molecular weight excluding hydrogens is 188 g/mol. The molecule has 3 aliphatic heterocycles. The highest BCUT2D eigenvalue weighted by Crippen LogP contribution is 2.27. The topological polar surface area (TPSA) is 38.4 Å². The molecule has 1 atom stereocenters. The average Bonchev–Trinajstić information content (AvgIpc) is 2.27. The van der Waals surface area contributed by atoms with Gasteiger partial charge < -0.3 is 14.7 Å². The maximum absolute atomic E-state index is 5.32. The molecule has 15 heavy (non-hydrogen) atoms. The summed E-state index contributed by atoms with van der Waals surface area (Å²) in [6, 6.07) is 0.638. The molecule has 3 fully saturated rings. The Bertz CT molecular complexity index is 237. The van der Waals surface area contributed by atoms with Crippen LogP contribution >= 0.6 is 0 Å². The lowest BCUT2D eigenvalue weighted by Crippen LogP contribution is -2.76. The summed E-state index contributed by atoms with van der Waals surface area (Å²) in [6.07, 6.45) is 1.45. The van der Waals surface area contributed by atoms with E-state index in [0.29, 0.717) is 6.04 Å². The number of hydrogen-bond acceptors (Lipinski definition) is 1. The van der Waals surface area contributed by atoms with Gasteiger partial charge >= 0.3 is 0 Å². The minimum atomic E-state index is 0.638. The molecule has 0 spiro atoms. The molecule has 2 N–H and O–H groups in total. The molecular formula is C11H24N4+2. The van der Waals surface area contributed by atoms with Crippen LogP contribution in [-0.4, -0.2) is 74.2 Å². The first-order chi connectivity index (χ1) is 7.10. The van der Waals surface area contributed by atoms with E-state index >= 15 is 0 Å². The van der Waals surface area contributed by atoms with E-state index in [9.17, 15) is 0 Å². The lowest BCUT2D eigenvalue weighted by Gasteiger charge is -2.56. The predicted octanol–water partition coefficient (Wildman–Crippen LogP) is -0.347. The molecule has 0 amide bonds. The highest BCUT2D eigenvalue weighted by molar-refractivity contribution is 5.51. The number of fused-ring (bicyclic) bond motifs is 3. The second kappa shape index (κ2) is 3.76. The molecule has 0 saturated carbocycles. The second-order valence-electron chi connectivity index (χ2n) is 5.54. The first-order valence-corrected chi connectivity index (χ1v) is 6.00. The number of hydrogen-bond donors (Lipinski definition) is 1. The number of piperazine rings is 3. The molecule has 3 rings (SSSR count). The maximum Gasteiger partial charge on any atom is 0.129 e. The van der Waals surface area contributed by atoms with Crippen molar-refractivity contribution in [2.75, 3.05) is 52.9 Å². The van der Waals surface area contributed by atoms with Crippen molar-refractivity contribution in [3.8, 4) is 0 Å². The van der Waals surface area contributed by atoms with Gasteiger partial charge in [0.25, 0.3) is 0 Å². The third-order valence-electron chi connectivity index (χ3n) is 4.67. The zero-order chi connectivity index (χ0) is 10.9. The summed E-state index contributed by atoms with van der Waals surface area (Å²) in [5, 5.41) is 0. The molecule has 0 aliphatic carbocycles. The van der Waals surface area contributed by atoms with Crippen LogP contribution in [0.4, 0.5) is 0 Å². The van der Waals surface area contributed by atoms with Crippen LogP contribution in [0.25, 0.3) is 0 Å². The third-order valence-corrected chi connectivity index (χ3v) is 4.67. The fourth-order valence-corrected chi connectivity index (χ4v) is 3.04. The van der Waals surface area contributed by atoms with Gasteiger partial charge in [-0.15, -0.1) is 0 Å². The van der Waals surface area contributed by atoms with Crippen LogP contribution in [-0.2, 0) is 0 Å². The lowest BCUT2D eigenvalue weighted by atomic mass is 10.0. The van der Waals surface area contributed by atoms with Crippen molar-refractivity contribution < 1.29 is 8.97 Å². The number of nitrogens with two attached hydrogens (primary N) is 1. The van der Waals surface area contributed by atoms with Gasteiger partial charge in [0, 0.05) is 0 Å². The van der Waals surface area contributed by atoms with E-state index in [0.717, 1.165) is 6.54 Å². The van der Waals surface area contributed by atoms with Crippen LogP contribution in [0.5, 0.6) is 0 Å². The molecule has 0 radical (unpaired) electrons. The Hall–Kier alpha value is -0.610. The average molecular weight is 212 g/mol. The van der Waals surface area contributed by atoms with Gasteiger partial charge in [-0.05, 0) is 6.92 Å². The Labute approximate surface area is 92.6 Å². The van der Waals surface area contributed by atoms with Gasteiger partial charge in [0.2, 0.25) is 0 Å². The Balaban J connectivity index is 2.02. The first kappa shape index (κ1) is 10.9. The largest absolute Gasteiger partial charge is 0.390 e. The zero-order valence-corrected chi connectivity index (χ0v) is 10.0. The van der Waals surface area contributed by atoms with Gasteiger partial charge in [-0.2, -0.15) is 0 Å². The van der Waals surface area contributed by atoms with Gasteiger partial charge in [-0.25, -0.2) is 0 Å². The van der Waals surface area contributed by atoms with Crippen molar-refractivity contribution in [1.82, 2.24) is 0 Å². The normalized spacial score (nSPS) is 42.3. The van der Waals surface area contributed by atoms with Crippen molar-refractivity contribution in [3.05, 3.63) is 0 Å². The molecule has 0 aromatic carbocycles. The van der Waals surface area contributed by atoms with E-state index in [1.165, 1.54) is 54.6 Å². The standard InChI is InChI=1S/C11H24N4/c1-11(9-13-10-12)15-6-3-14(2,4-7-15)5-8-15/h10-11H,3-9H2,1-2H3,(H2,12,13)/q+2/t11-,14?,15?/m1/s1. The lowest BCUT2D eigenvalue weighted by molar-refractivity contribution is -1.08. The van der Waals surface area contributed by atoms with E-state index in [1.54, 1.807) is 0 Å². The fraction of sp³-hybridized carbons (Fsp3) is 0.909. The Morgan fingerprint density at radius 3 is 2.20 bits per heavy atom. The Kier molecular flexibility index (Phi) is 2.73. The summed E-state index contributed by atoms with van der Waals surface area (Å²) < 4.78 is 2.58. The number of likely N-dealkylation sites (N-methyl/N-ethyl adjacent to an activating group) is 1. The van der Waals surface area contributed by atoms with Gasteiger partial charge in [0.15, 0.2) is 0 Å². The van der Waals surface area contributed by atoms with Crippen LogP contribution in [0.1, 0.15) is 6.92 Å². The molecule has 3 heterocycles. The summed E-state index contributed by atoms with van der Waals surface area (Å²) in [5.41, 5.74) is 5.32. The van der Waals surface area contributed by atoms with Crippen LogP contribution < -0.4 is 5.73 Å². The third kappa shape index (κ3) is 1.88. The molecule has 86 valence electrons. The van der Waals surface area contributed by atoms with E-state index in [2.05, 4.69) is 19.0 Å². The molecule has 4 nitrogen and oxygen atoms in total. The molecule has 3 aliphatic rings. The van der Waals surface area contributed by atoms with Crippen molar-refractivity contribution in [3.63, 3.8) is 0 Å². The van der Waals surface area contributed by atoms with Crippen LogP contribution in [0.15, 0.2) is 4.99 Å². The van der Waals surface area contributed by atoms with Gasteiger partial charge in [0.05, 0.1) is 19.9 Å². The SMILES string of the molecule is C[C@H](CN=CN)[N+]12CC[N+](C)(CC1)CC2. The van der Waals surface area contributed by atoms with Crippen LogP contribution in [0, 0.1) is 0 Å². The highest BCUT2D eigenvalue weighted by Gasteiger charge is 2.49. The van der Waals surface area contributed by atoms with Gasteiger partial charge in [0.1, 0.15) is 45.3 Å². The Morgan fingerprint density at radius 1 is 1.20 bits per heavy atom. The number of nitrogens with zero attached hydrogens (tertiary/aromatic N) is 3. The zero-order valence-electron chi connectivity index (χ0n) is 10.0. The number of quaternary nitrogens is 2. The minimum Gasteiger partial charge on any atom is -0.390 e. The monoisotopic (exact) mass is 212 g/mol. The summed E-state index contributed by atoms with van der Waals surface area (Å²) in [6.45, 7) is 11.2. The van der Waals surface area contributed by atoms with E-state index < -0.39 is 0 Å². The molecule has 0 aromatic rings. The second-order valence-corrected chi connectivity index (χ2v) is 5.54. The molecule has 4 heteroatoms. The summed E-state index contributed by atoms with van der Waals surface area (Å²) in [4.78, 5) is 4.21. The Morgan fingerprint density at radius 2 is 1.73 bits per heavy atom. The van der Waals surface area contributed by atoms with Crippen LogP contribution in [0.3, 0.4) is 0 Å². The van der Waals surface area contributed by atoms with Crippen molar-refractivity contribution in [2.24, 2.45) is 10.7 Å². The fourth-order valence-electron chi connectivity index (χ4n) is 3.04. The summed E-state index contributed by atoms with van der Waals surface area (Å²) >= 11 is 0. The number of aliphatic imine (C=N–C) groups is 1. The highest BCUT2D eigenvalue weighted by atomic mass is 15.5. The van der Waals surface area contributed by atoms with Crippen molar-refractivity contribution in [2.45, 2.75) is 13.0 Å². The maximum atomic E-state index is 5.32. The first-order valence-electron chi connectivity index (χ1n) is 6.00. The van der Waals surface area contributed by atoms with E-state index in [-0.39, 0.29) is 0 Å². The van der Waals surface area contributed by atoms with Gasteiger partial charge in [-0.3, -0.25) is 4.99 Å². The summed E-state index contributed by atoms with van der Waals surface area (Å²) in [5.74, 6) is 0. The molecule has 0 aromatic heterocycles. The number of rotatable bonds is 3. The minimum absolute atomic E-state index is 0.638.